The van der Waals surface area contributed by atoms with E-state index >= 15 is 0 Å². The molecule has 0 radical (unpaired) electrons. The minimum Gasteiger partial charge on any atom is -0.313 e. The van der Waals surface area contributed by atoms with Crippen molar-refractivity contribution >= 4 is 0 Å². The second-order valence-corrected chi connectivity index (χ2v) is 4.72. The lowest BCUT2D eigenvalue weighted by molar-refractivity contribution is 0.335. The lowest BCUT2D eigenvalue weighted by atomic mass is 10.1. The number of nitrogens with one attached hydrogen (secondary N) is 1. The van der Waals surface area contributed by atoms with E-state index in [4.69, 9.17) is 0 Å². The highest BCUT2D eigenvalue weighted by Crippen LogP contribution is 2.23. The largest absolute Gasteiger partial charge is 0.313 e. The predicted octanol–water partition coefficient (Wildman–Crippen LogP) is 1.72. The Morgan fingerprint density at radius 2 is 1.92 bits per heavy atom. The first-order valence-corrected chi connectivity index (χ1v) is 5.56. The molecule has 0 amide bonds. The fraction of sp³-hybridized carbons (Fsp3) is 1.00. The van der Waals surface area contributed by atoms with Crippen LogP contribution in [0.1, 0.15) is 32.6 Å². The second-order valence-electron chi connectivity index (χ2n) is 4.72. The molecule has 1 saturated carbocycles. The number of likely N-dealkylation sites (N-methyl/N-ethyl adjacent to an activating group) is 1. The zero-order valence-corrected chi connectivity index (χ0v) is 9.34. The van der Waals surface area contributed by atoms with Crippen LogP contribution in [-0.4, -0.2) is 38.1 Å². The Kier molecular flexibility index (Phi) is 4.74. The molecule has 0 bridgehead atoms. The van der Waals surface area contributed by atoms with Gasteiger partial charge in [-0.25, -0.2) is 0 Å². The van der Waals surface area contributed by atoms with Crippen LogP contribution >= 0.6 is 0 Å². The van der Waals surface area contributed by atoms with E-state index < -0.39 is 0 Å². The highest BCUT2D eigenvalue weighted by molar-refractivity contribution is 4.72. The Labute approximate surface area is 82.7 Å². The van der Waals surface area contributed by atoms with Crippen molar-refractivity contribution in [2.24, 2.45) is 5.92 Å². The van der Waals surface area contributed by atoms with E-state index in [1.54, 1.807) is 0 Å². The van der Waals surface area contributed by atoms with Crippen LogP contribution in [0.4, 0.5) is 0 Å². The molecule has 1 N–H and O–H groups in total. The number of rotatable bonds is 5. The Morgan fingerprint density at radius 3 is 2.46 bits per heavy atom. The summed E-state index contributed by atoms with van der Waals surface area (Å²) in [6.45, 7) is 4.65. The molecule has 1 aliphatic rings. The van der Waals surface area contributed by atoms with E-state index in [0.717, 1.165) is 12.5 Å². The zero-order valence-electron chi connectivity index (χ0n) is 9.34. The third kappa shape index (κ3) is 4.63. The molecule has 1 aliphatic carbocycles. The SMILES string of the molecule is CC(CN(C)C)NCC1CCCC1. The van der Waals surface area contributed by atoms with E-state index in [1.807, 2.05) is 0 Å². The molecule has 78 valence electrons. The topological polar surface area (TPSA) is 15.3 Å². The van der Waals surface area contributed by atoms with Crippen molar-refractivity contribution < 1.29 is 0 Å². The quantitative estimate of drug-likeness (QED) is 0.700. The van der Waals surface area contributed by atoms with Crippen LogP contribution in [0.5, 0.6) is 0 Å². The third-order valence-electron chi connectivity index (χ3n) is 2.87. The molecule has 1 rings (SSSR count). The lowest BCUT2D eigenvalue weighted by Gasteiger charge is -2.20. The molecular weight excluding hydrogens is 160 g/mol. The van der Waals surface area contributed by atoms with E-state index in [9.17, 15) is 0 Å². The van der Waals surface area contributed by atoms with E-state index in [0.29, 0.717) is 6.04 Å². The first-order chi connectivity index (χ1) is 6.18. The van der Waals surface area contributed by atoms with Gasteiger partial charge in [-0.2, -0.15) is 0 Å². The number of hydrogen-bond acceptors (Lipinski definition) is 2. The van der Waals surface area contributed by atoms with Gasteiger partial charge in [0.1, 0.15) is 0 Å². The van der Waals surface area contributed by atoms with Crippen molar-refractivity contribution in [1.29, 1.82) is 0 Å². The summed E-state index contributed by atoms with van der Waals surface area (Å²) in [6.07, 6.45) is 5.80. The van der Waals surface area contributed by atoms with Crippen LogP contribution < -0.4 is 5.32 Å². The first-order valence-electron chi connectivity index (χ1n) is 5.56. The van der Waals surface area contributed by atoms with Crippen molar-refractivity contribution in [3.8, 4) is 0 Å². The van der Waals surface area contributed by atoms with Gasteiger partial charge in [0.05, 0.1) is 0 Å². The molecular formula is C11H24N2. The maximum atomic E-state index is 3.61. The maximum absolute atomic E-state index is 3.61. The molecule has 1 fully saturated rings. The average Bonchev–Trinajstić information content (AvgIpc) is 2.51. The summed E-state index contributed by atoms with van der Waals surface area (Å²) < 4.78 is 0. The number of hydrogen-bond donors (Lipinski definition) is 1. The summed E-state index contributed by atoms with van der Waals surface area (Å²) in [4.78, 5) is 2.24. The van der Waals surface area contributed by atoms with Gasteiger partial charge in [-0.05, 0) is 46.3 Å². The second kappa shape index (κ2) is 5.61. The molecule has 2 nitrogen and oxygen atoms in total. The summed E-state index contributed by atoms with van der Waals surface area (Å²) >= 11 is 0. The van der Waals surface area contributed by atoms with Gasteiger partial charge in [-0.15, -0.1) is 0 Å². The molecule has 1 unspecified atom stereocenters. The van der Waals surface area contributed by atoms with Crippen LogP contribution in [0.25, 0.3) is 0 Å². The molecule has 0 aromatic heterocycles. The van der Waals surface area contributed by atoms with Crippen LogP contribution in [0.2, 0.25) is 0 Å². The van der Waals surface area contributed by atoms with E-state index in [1.165, 1.54) is 32.2 Å². The van der Waals surface area contributed by atoms with Crippen molar-refractivity contribution in [3.05, 3.63) is 0 Å². The number of nitrogens with zero attached hydrogens (tertiary/aromatic N) is 1. The summed E-state index contributed by atoms with van der Waals surface area (Å²) in [7, 11) is 4.27. The van der Waals surface area contributed by atoms with Crippen LogP contribution in [0, 0.1) is 5.92 Å². The first kappa shape index (κ1) is 11.0. The fourth-order valence-corrected chi connectivity index (χ4v) is 2.19. The van der Waals surface area contributed by atoms with Crippen molar-refractivity contribution in [2.45, 2.75) is 38.6 Å². The third-order valence-corrected chi connectivity index (χ3v) is 2.87. The lowest BCUT2D eigenvalue weighted by Crippen LogP contribution is -2.38. The van der Waals surface area contributed by atoms with Gasteiger partial charge in [0.15, 0.2) is 0 Å². The minimum absolute atomic E-state index is 0.635. The van der Waals surface area contributed by atoms with Gasteiger partial charge in [-0.1, -0.05) is 12.8 Å². The smallest absolute Gasteiger partial charge is 0.0166 e. The summed E-state index contributed by atoms with van der Waals surface area (Å²) in [5.41, 5.74) is 0. The maximum Gasteiger partial charge on any atom is 0.0166 e. The monoisotopic (exact) mass is 184 g/mol. The molecule has 0 aromatic carbocycles. The van der Waals surface area contributed by atoms with Gasteiger partial charge in [-0.3, -0.25) is 0 Å². The summed E-state index contributed by atoms with van der Waals surface area (Å²) in [5.74, 6) is 0.963. The van der Waals surface area contributed by atoms with Crippen molar-refractivity contribution in [2.75, 3.05) is 27.2 Å². The zero-order chi connectivity index (χ0) is 9.68. The fourth-order valence-electron chi connectivity index (χ4n) is 2.19. The van der Waals surface area contributed by atoms with Gasteiger partial charge in [0, 0.05) is 12.6 Å². The predicted molar refractivity (Wildman–Crippen MR) is 58.0 cm³/mol. The summed E-state index contributed by atoms with van der Waals surface area (Å²) in [5, 5.41) is 3.61. The molecule has 0 saturated heterocycles. The van der Waals surface area contributed by atoms with Crippen LogP contribution in [0.3, 0.4) is 0 Å². The molecule has 0 aromatic rings. The summed E-state index contributed by atoms with van der Waals surface area (Å²) in [6, 6.07) is 0.635. The highest BCUT2D eigenvalue weighted by atomic mass is 15.1. The molecule has 1 atom stereocenters. The van der Waals surface area contributed by atoms with Gasteiger partial charge >= 0.3 is 0 Å². The van der Waals surface area contributed by atoms with Gasteiger partial charge in [0.25, 0.3) is 0 Å². The van der Waals surface area contributed by atoms with Crippen molar-refractivity contribution in [1.82, 2.24) is 10.2 Å². The van der Waals surface area contributed by atoms with E-state index in [-0.39, 0.29) is 0 Å². The molecule has 0 heterocycles. The molecule has 13 heavy (non-hydrogen) atoms. The Balaban J connectivity index is 2.03. The average molecular weight is 184 g/mol. The van der Waals surface area contributed by atoms with Crippen LogP contribution in [-0.2, 0) is 0 Å². The Morgan fingerprint density at radius 1 is 1.31 bits per heavy atom. The molecule has 0 spiro atoms. The van der Waals surface area contributed by atoms with Gasteiger partial charge < -0.3 is 10.2 Å². The Bertz CT molecular complexity index is 128. The van der Waals surface area contributed by atoms with Gasteiger partial charge in [0.2, 0.25) is 0 Å². The van der Waals surface area contributed by atoms with E-state index in [2.05, 4.69) is 31.2 Å². The van der Waals surface area contributed by atoms with Crippen molar-refractivity contribution in [3.63, 3.8) is 0 Å². The van der Waals surface area contributed by atoms with Crippen LogP contribution in [0.15, 0.2) is 0 Å². The molecule has 2 heteroatoms. The normalized spacial score (nSPS) is 21.2. The molecule has 0 aliphatic heterocycles. The minimum atomic E-state index is 0.635. The Hall–Kier alpha value is -0.0800. The highest BCUT2D eigenvalue weighted by Gasteiger charge is 2.15. The standard InChI is InChI=1S/C11H24N2/c1-10(9-13(2)3)12-8-11-6-4-5-7-11/h10-12H,4-9H2,1-3H3.